The molecule has 0 aliphatic carbocycles. The molecular weight excluding hydrogens is 216 g/mol. The van der Waals surface area contributed by atoms with E-state index in [-0.39, 0.29) is 0 Å². The van der Waals surface area contributed by atoms with E-state index in [0.29, 0.717) is 6.61 Å². The summed E-state index contributed by atoms with van der Waals surface area (Å²) in [4.78, 5) is 0. The van der Waals surface area contributed by atoms with Gasteiger partial charge in [-0.15, -0.1) is 0 Å². The molecule has 0 radical (unpaired) electrons. The Bertz CT molecular complexity index is 85.9. The lowest BCUT2D eigenvalue weighted by Crippen LogP contribution is -1.95. The van der Waals surface area contributed by atoms with E-state index in [9.17, 15) is 0 Å². The van der Waals surface area contributed by atoms with E-state index in [1.165, 1.54) is 32.1 Å². The summed E-state index contributed by atoms with van der Waals surface area (Å²) in [6.45, 7) is 2.64. The predicted octanol–water partition coefficient (Wildman–Crippen LogP) is 3.35. The molecule has 0 aromatic heterocycles. The predicted molar refractivity (Wildman–Crippen MR) is 57.7 cm³/mol. The third-order valence-electron chi connectivity index (χ3n) is 2.12. The first-order valence-electron chi connectivity index (χ1n) is 4.98. The molecule has 0 heterocycles. The minimum Gasteiger partial charge on any atom is -0.396 e. The van der Waals surface area contributed by atoms with Crippen LogP contribution in [0.5, 0.6) is 0 Å². The lowest BCUT2D eigenvalue weighted by Gasteiger charge is -2.06. The molecule has 0 aromatic rings. The van der Waals surface area contributed by atoms with E-state index < -0.39 is 0 Å². The molecule has 0 rings (SSSR count). The molecule has 1 nitrogen and oxygen atoms in total. The molecule has 0 bridgehead atoms. The molecule has 1 atom stereocenters. The highest BCUT2D eigenvalue weighted by atomic mass is 79.9. The van der Waals surface area contributed by atoms with E-state index in [0.717, 1.165) is 17.7 Å². The van der Waals surface area contributed by atoms with Gasteiger partial charge in [0.1, 0.15) is 0 Å². The molecular formula is C10H21BrO. The van der Waals surface area contributed by atoms with Crippen molar-refractivity contribution in [3.05, 3.63) is 0 Å². The summed E-state index contributed by atoms with van der Waals surface area (Å²) in [5.41, 5.74) is 0. The molecule has 2 heteroatoms. The number of rotatable bonds is 8. The molecule has 1 N–H and O–H groups in total. The van der Waals surface area contributed by atoms with Gasteiger partial charge in [0.05, 0.1) is 0 Å². The average molecular weight is 237 g/mol. The van der Waals surface area contributed by atoms with Gasteiger partial charge >= 0.3 is 0 Å². The van der Waals surface area contributed by atoms with Gasteiger partial charge in [-0.1, -0.05) is 48.5 Å². The molecule has 1 unspecified atom stereocenters. The maximum atomic E-state index is 8.54. The zero-order chi connectivity index (χ0) is 9.23. The van der Waals surface area contributed by atoms with Crippen molar-refractivity contribution in [2.24, 2.45) is 5.92 Å². The van der Waals surface area contributed by atoms with Crippen LogP contribution in [0.15, 0.2) is 0 Å². The fourth-order valence-electron chi connectivity index (χ4n) is 1.21. The molecule has 0 spiro atoms. The van der Waals surface area contributed by atoms with Crippen LogP contribution in [0, 0.1) is 5.92 Å². The fourth-order valence-corrected chi connectivity index (χ4v) is 1.54. The van der Waals surface area contributed by atoms with Crippen LogP contribution in [0.2, 0.25) is 0 Å². The summed E-state index contributed by atoms with van der Waals surface area (Å²) < 4.78 is 0. The molecule has 0 saturated carbocycles. The Morgan fingerprint density at radius 2 is 1.67 bits per heavy atom. The Balaban J connectivity index is 2.90. The van der Waals surface area contributed by atoms with Crippen LogP contribution in [0.1, 0.15) is 45.4 Å². The van der Waals surface area contributed by atoms with Crippen molar-refractivity contribution < 1.29 is 5.11 Å². The number of hydrogen-bond acceptors (Lipinski definition) is 1. The van der Waals surface area contributed by atoms with Crippen molar-refractivity contribution in [3.63, 3.8) is 0 Å². The van der Waals surface area contributed by atoms with Crippen molar-refractivity contribution in [2.45, 2.75) is 45.4 Å². The van der Waals surface area contributed by atoms with Crippen LogP contribution in [0.4, 0.5) is 0 Å². The van der Waals surface area contributed by atoms with Gasteiger partial charge in [0.25, 0.3) is 0 Å². The van der Waals surface area contributed by atoms with Crippen LogP contribution in [-0.2, 0) is 0 Å². The molecule has 0 amide bonds. The maximum Gasteiger partial charge on any atom is 0.0431 e. The van der Waals surface area contributed by atoms with E-state index >= 15 is 0 Å². The zero-order valence-corrected chi connectivity index (χ0v) is 9.65. The van der Waals surface area contributed by atoms with Gasteiger partial charge in [0.15, 0.2) is 0 Å². The number of hydrogen-bond donors (Lipinski definition) is 1. The minimum atomic E-state index is 0.359. The number of aliphatic hydroxyl groups is 1. The second kappa shape index (κ2) is 9.53. The van der Waals surface area contributed by atoms with Gasteiger partial charge in [0.2, 0.25) is 0 Å². The second-order valence-electron chi connectivity index (χ2n) is 3.54. The number of unbranched alkanes of at least 4 members (excludes halogenated alkanes) is 4. The Morgan fingerprint density at radius 3 is 2.25 bits per heavy atom. The molecule has 0 aromatic carbocycles. The highest BCUT2D eigenvalue weighted by molar-refractivity contribution is 9.09. The maximum absolute atomic E-state index is 8.54. The summed E-state index contributed by atoms with van der Waals surface area (Å²) in [5.74, 6) is 0.822. The van der Waals surface area contributed by atoms with Gasteiger partial charge in [-0.25, -0.2) is 0 Å². The van der Waals surface area contributed by atoms with E-state index in [2.05, 4.69) is 22.9 Å². The quantitative estimate of drug-likeness (QED) is 0.507. The summed E-state index contributed by atoms with van der Waals surface area (Å²) >= 11 is 3.48. The highest BCUT2D eigenvalue weighted by Gasteiger charge is 1.98. The normalized spacial score (nSPS) is 13.2. The Morgan fingerprint density at radius 1 is 1.08 bits per heavy atom. The van der Waals surface area contributed by atoms with Crippen LogP contribution < -0.4 is 0 Å². The van der Waals surface area contributed by atoms with Crippen LogP contribution in [0.3, 0.4) is 0 Å². The van der Waals surface area contributed by atoms with Gasteiger partial charge in [-0.2, -0.15) is 0 Å². The lowest BCUT2D eigenvalue weighted by atomic mass is 10.0. The van der Waals surface area contributed by atoms with Gasteiger partial charge in [0, 0.05) is 11.9 Å². The van der Waals surface area contributed by atoms with E-state index in [1.54, 1.807) is 0 Å². The Hall–Kier alpha value is 0.440. The number of alkyl halides is 1. The average Bonchev–Trinajstić information content (AvgIpc) is 2.10. The van der Waals surface area contributed by atoms with Crippen molar-refractivity contribution in [2.75, 3.05) is 11.9 Å². The number of halogens is 1. The fraction of sp³-hybridized carbons (Fsp3) is 1.00. The van der Waals surface area contributed by atoms with Crippen molar-refractivity contribution in [1.82, 2.24) is 0 Å². The van der Waals surface area contributed by atoms with Crippen LogP contribution in [-0.4, -0.2) is 17.0 Å². The lowest BCUT2D eigenvalue weighted by molar-refractivity contribution is 0.282. The van der Waals surface area contributed by atoms with Crippen molar-refractivity contribution >= 4 is 15.9 Å². The zero-order valence-electron chi connectivity index (χ0n) is 8.06. The topological polar surface area (TPSA) is 20.2 Å². The van der Waals surface area contributed by atoms with Gasteiger partial charge < -0.3 is 5.11 Å². The first kappa shape index (κ1) is 12.4. The molecule has 0 saturated heterocycles. The Kier molecular flexibility index (Phi) is 9.88. The summed E-state index contributed by atoms with van der Waals surface area (Å²) in [6, 6.07) is 0. The molecule has 0 aliphatic rings. The second-order valence-corrected chi connectivity index (χ2v) is 4.19. The summed E-state index contributed by atoms with van der Waals surface area (Å²) in [6.07, 6.45) is 7.47. The van der Waals surface area contributed by atoms with E-state index in [1.807, 2.05) is 0 Å². The van der Waals surface area contributed by atoms with Crippen LogP contribution in [0.25, 0.3) is 0 Å². The largest absolute Gasteiger partial charge is 0.396 e. The summed E-state index contributed by atoms with van der Waals surface area (Å²) in [7, 11) is 0. The molecule has 0 fully saturated rings. The van der Waals surface area contributed by atoms with E-state index in [4.69, 9.17) is 5.11 Å². The third kappa shape index (κ3) is 8.54. The monoisotopic (exact) mass is 236 g/mol. The molecule has 74 valence electrons. The van der Waals surface area contributed by atoms with Gasteiger partial charge in [-0.3, -0.25) is 0 Å². The minimum absolute atomic E-state index is 0.359. The standard InChI is InChI=1S/C10H21BrO/c1-10(9-11)7-5-3-2-4-6-8-12/h10,12H,2-9H2,1H3. The first-order valence-corrected chi connectivity index (χ1v) is 6.10. The SMILES string of the molecule is CC(CBr)CCCCCCCO. The van der Waals surface area contributed by atoms with Gasteiger partial charge in [-0.05, 0) is 18.8 Å². The first-order chi connectivity index (χ1) is 5.81. The Labute approximate surface area is 84.7 Å². The molecule has 12 heavy (non-hydrogen) atoms. The smallest absolute Gasteiger partial charge is 0.0431 e. The van der Waals surface area contributed by atoms with Crippen LogP contribution >= 0.6 is 15.9 Å². The third-order valence-corrected chi connectivity index (χ3v) is 3.22. The number of aliphatic hydroxyl groups excluding tert-OH is 1. The van der Waals surface area contributed by atoms with Crippen molar-refractivity contribution in [3.8, 4) is 0 Å². The highest BCUT2D eigenvalue weighted by Crippen LogP contribution is 2.12. The summed E-state index contributed by atoms with van der Waals surface area (Å²) in [5, 5.41) is 9.67. The molecule has 0 aliphatic heterocycles. The van der Waals surface area contributed by atoms with Crippen molar-refractivity contribution in [1.29, 1.82) is 0 Å².